The number of hydrogen-bond donors (Lipinski definition) is 0. The van der Waals surface area contributed by atoms with E-state index in [4.69, 9.17) is 0 Å². The quantitative estimate of drug-likeness (QED) is 0.629. The maximum atomic E-state index is 10.4. The molecule has 0 amide bonds. The predicted octanol–water partition coefficient (Wildman–Crippen LogP) is 3.21. The fraction of sp³-hybridized carbons (Fsp3) is 0.400. The molecule has 0 aliphatic carbocycles. The first-order chi connectivity index (χ1) is 5.77. The van der Waals surface area contributed by atoms with Gasteiger partial charge in [-0.3, -0.25) is 0 Å². The summed E-state index contributed by atoms with van der Waals surface area (Å²) >= 11 is 0. The molecule has 1 aromatic carbocycles. The Balaban J connectivity index is 2.87. The van der Waals surface area contributed by atoms with Gasteiger partial charge in [0, 0.05) is 0 Å². The zero-order chi connectivity index (χ0) is 8.97. The second-order valence-electron chi connectivity index (χ2n) is 2.94. The Kier molecular flexibility index (Phi) is 2.97. The van der Waals surface area contributed by atoms with Crippen molar-refractivity contribution in [2.45, 2.75) is 26.3 Å². The first-order valence-corrected chi connectivity index (χ1v) is 4.17. The van der Waals surface area contributed by atoms with Crippen LogP contribution >= 0.6 is 0 Å². The maximum Gasteiger partial charge on any atom is 0.117 e. The molecule has 0 saturated heterocycles. The molecule has 1 aromatic rings. The lowest BCUT2D eigenvalue weighted by Gasteiger charge is -2.05. The maximum absolute atomic E-state index is 10.4. The molecule has 0 fully saturated rings. The summed E-state index contributed by atoms with van der Waals surface area (Å²) in [5, 5.41) is 3.06. The molecule has 0 radical (unpaired) electrons. The lowest BCUT2D eigenvalue weighted by molar-refractivity contribution is 0.695. The van der Waals surface area contributed by atoms with E-state index in [1.54, 1.807) is 0 Å². The number of nitroso groups, excluding NO2 is 1. The van der Waals surface area contributed by atoms with Crippen molar-refractivity contribution in [3.05, 3.63) is 40.3 Å². The number of nitrogens with zero attached hydrogens (tertiary/aromatic N) is 1. The summed E-state index contributed by atoms with van der Waals surface area (Å²) in [7, 11) is 0. The van der Waals surface area contributed by atoms with Crippen LogP contribution in [-0.2, 0) is 0 Å². The van der Waals surface area contributed by atoms with Gasteiger partial charge in [-0.25, -0.2) is 0 Å². The van der Waals surface area contributed by atoms with E-state index in [2.05, 4.69) is 5.18 Å². The lowest BCUT2D eigenvalue weighted by Crippen LogP contribution is -1.91. The molecule has 64 valence electrons. The molecule has 0 aliphatic rings. The van der Waals surface area contributed by atoms with E-state index in [0.29, 0.717) is 0 Å². The second kappa shape index (κ2) is 4.00. The van der Waals surface area contributed by atoms with Crippen LogP contribution in [0.15, 0.2) is 29.4 Å². The number of aryl methyl sites for hydroxylation is 1. The Morgan fingerprint density at radius 2 is 1.92 bits per heavy atom. The summed E-state index contributed by atoms with van der Waals surface area (Å²) < 4.78 is 0. The lowest BCUT2D eigenvalue weighted by atomic mass is 10.0. The topological polar surface area (TPSA) is 29.4 Å². The Bertz CT molecular complexity index is 253. The molecule has 0 spiro atoms. The second-order valence-corrected chi connectivity index (χ2v) is 2.94. The van der Waals surface area contributed by atoms with E-state index in [1.165, 1.54) is 5.56 Å². The van der Waals surface area contributed by atoms with Crippen LogP contribution in [0.2, 0.25) is 0 Å². The monoisotopic (exact) mass is 163 g/mol. The minimum Gasteiger partial charge on any atom is -0.150 e. The van der Waals surface area contributed by atoms with Crippen molar-refractivity contribution in [3.63, 3.8) is 0 Å². The van der Waals surface area contributed by atoms with Gasteiger partial charge in [0.1, 0.15) is 6.04 Å². The summed E-state index contributed by atoms with van der Waals surface area (Å²) in [5.74, 6) is 0. The molecule has 0 saturated carbocycles. The van der Waals surface area contributed by atoms with Crippen LogP contribution in [0.25, 0.3) is 0 Å². The first kappa shape index (κ1) is 8.91. The first-order valence-electron chi connectivity index (χ1n) is 4.17. The van der Waals surface area contributed by atoms with Gasteiger partial charge in [-0.2, -0.15) is 4.91 Å². The molecular formula is C10H13NO. The smallest absolute Gasteiger partial charge is 0.117 e. The molecule has 1 rings (SSSR count). The average Bonchev–Trinajstić information content (AvgIpc) is 2.10. The Hall–Kier alpha value is -1.18. The van der Waals surface area contributed by atoms with Gasteiger partial charge in [0.15, 0.2) is 0 Å². The summed E-state index contributed by atoms with van der Waals surface area (Å²) in [6.45, 7) is 3.99. The van der Waals surface area contributed by atoms with Crippen LogP contribution in [0, 0.1) is 11.8 Å². The third-order valence-electron chi connectivity index (χ3n) is 1.98. The molecule has 0 aliphatic heterocycles. The minimum atomic E-state index is -0.175. The van der Waals surface area contributed by atoms with Gasteiger partial charge >= 0.3 is 0 Å². The van der Waals surface area contributed by atoms with Crippen LogP contribution < -0.4 is 0 Å². The summed E-state index contributed by atoms with van der Waals surface area (Å²) in [4.78, 5) is 10.4. The van der Waals surface area contributed by atoms with E-state index < -0.39 is 0 Å². The van der Waals surface area contributed by atoms with Crippen molar-refractivity contribution in [3.8, 4) is 0 Å². The highest BCUT2D eigenvalue weighted by Crippen LogP contribution is 2.20. The fourth-order valence-electron chi connectivity index (χ4n) is 1.16. The molecule has 0 N–H and O–H groups in total. The van der Waals surface area contributed by atoms with Crippen LogP contribution in [0.5, 0.6) is 0 Å². The molecule has 12 heavy (non-hydrogen) atoms. The van der Waals surface area contributed by atoms with E-state index in [-0.39, 0.29) is 6.04 Å². The fourth-order valence-corrected chi connectivity index (χ4v) is 1.16. The van der Waals surface area contributed by atoms with Gasteiger partial charge < -0.3 is 0 Å². The average molecular weight is 163 g/mol. The summed E-state index contributed by atoms with van der Waals surface area (Å²) in [6, 6.07) is 7.76. The van der Waals surface area contributed by atoms with Crippen LogP contribution in [-0.4, -0.2) is 0 Å². The zero-order valence-electron chi connectivity index (χ0n) is 7.45. The van der Waals surface area contributed by atoms with Gasteiger partial charge in [0.2, 0.25) is 0 Å². The molecule has 1 atom stereocenters. The van der Waals surface area contributed by atoms with Gasteiger partial charge in [-0.1, -0.05) is 41.9 Å². The Morgan fingerprint density at radius 3 is 2.33 bits per heavy atom. The molecule has 2 nitrogen and oxygen atoms in total. The van der Waals surface area contributed by atoms with Crippen LogP contribution in [0.1, 0.15) is 30.5 Å². The normalized spacial score (nSPS) is 12.5. The van der Waals surface area contributed by atoms with Crippen molar-refractivity contribution in [1.82, 2.24) is 0 Å². The molecule has 0 bridgehead atoms. The number of benzene rings is 1. The molecule has 1 unspecified atom stereocenters. The van der Waals surface area contributed by atoms with Crippen LogP contribution in [0.4, 0.5) is 0 Å². The zero-order valence-corrected chi connectivity index (χ0v) is 7.45. The minimum absolute atomic E-state index is 0.175. The highest BCUT2D eigenvalue weighted by Gasteiger charge is 2.07. The Morgan fingerprint density at radius 1 is 1.33 bits per heavy atom. The van der Waals surface area contributed by atoms with Crippen molar-refractivity contribution in [1.29, 1.82) is 0 Å². The van der Waals surface area contributed by atoms with E-state index in [1.807, 2.05) is 38.1 Å². The van der Waals surface area contributed by atoms with Crippen LogP contribution in [0.3, 0.4) is 0 Å². The standard InChI is InChI=1S/C10H13NO/c1-3-10(11-12)9-6-4-8(2)5-7-9/h4-7,10H,3H2,1-2H3. The summed E-state index contributed by atoms with van der Waals surface area (Å²) in [6.07, 6.45) is 0.770. The molecular weight excluding hydrogens is 150 g/mol. The summed E-state index contributed by atoms with van der Waals surface area (Å²) in [5.41, 5.74) is 2.22. The highest BCUT2D eigenvalue weighted by atomic mass is 16.3. The van der Waals surface area contributed by atoms with E-state index >= 15 is 0 Å². The molecule has 2 heteroatoms. The molecule has 0 aromatic heterocycles. The van der Waals surface area contributed by atoms with Crippen molar-refractivity contribution in [2.24, 2.45) is 5.18 Å². The predicted molar refractivity (Wildman–Crippen MR) is 50.0 cm³/mol. The third kappa shape index (κ3) is 1.91. The molecule has 0 heterocycles. The SMILES string of the molecule is CCC(N=O)c1ccc(C)cc1. The van der Waals surface area contributed by atoms with Gasteiger partial charge in [0.05, 0.1) is 0 Å². The van der Waals surface area contributed by atoms with Gasteiger partial charge in [-0.05, 0) is 18.9 Å². The van der Waals surface area contributed by atoms with Crippen molar-refractivity contribution < 1.29 is 0 Å². The highest BCUT2D eigenvalue weighted by molar-refractivity contribution is 5.23. The Labute approximate surface area is 72.6 Å². The third-order valence-corrected chi connectivity index (χ3v) is 1.98. The van der Waals surface area contributed by atoms with Crippen molar-refractivity contribution in [2.75, 3.05) is 0 Å². The largest absolute Gasteiger partial charge is 0.150 e. The number of hydrogen-bond acceptors (Lipinski definition) is 2. The van der Waals surface area contributed by atoms with Gasteiger partial charge in [-0.15, -0.1) is 0 Å². The van der Waals surface area contributed by atoms with E-state index in [9.17, 15) is 4.91 Å². The van der Waals surface area contributed by atoms with E-state index in [0.717, 1.165) is 12.0 Å². The number of rotatable bonds is 3. The van der Waals surface area contributed by atoms with Crippen molar-refractivity contribution >= 4 is 0 Å². The van der Waals surface area contributed by atoms with Gasteiger partial charge in [0.25, 0.3) is 0 Å².